The smallest absolute Gasteiger partial charge is 0.225 e. The molecular formula is C20H31N3O2. The van der Waals surface area contributed by atoms with Gasteiger partial charge in [-0.25, -0.2) is 0 Å². The molecule has 2 aliphatic rings. The number of anilines is 1. The Morgan fingerprint density at radius 1 is 1.16 bits per heavy atom. The fourth-order valence-corrected chi connectivity index (χ4v) is 4.20. The van der Waals surface area contributed by atoms with Crippen LogP contribution in [0.1, 0.15) is 31.2 Å². The van der Waals surface area contributed by atoms with Gasteiger partial charge >= 0.3 is 0 Å². The molecular weight excluding hydrogens is 314 g/mol. The van der Waals surface area contributed by atoms with E-state index in [4.69, 9.17) is 10.5 Å². The Hall–Kier alpha value is -1.59. The quantitative estimate of drug-likeness (QED) is 0.912. The third-order valence-electron chi connectivity index (χ3n) is 5.76. The zero-order valence-corrected chi connectivity index (χ0v) is 15.5. The van der Waals surface area contributed by atoms with Gasteiger partial charge in [-0.1, -0.05) is 18.2 Å². The average Bonchev–Trinajstić information content (AvgIpc) is 2.88. The highest BCUT2D eigenvalue weighted by molar-refractivity contribution is 5.79. The van der Waals surface area contributed by atoms with E-state index >= 15 is 0 Å². The first-order chi connectivity index (χ1) is 12.1. The van der Waals surface area contributed by atoms with Crippen molar-refractivity contribution < 1.29 is 9.53 Å². The number of ether oxygens (including phenoxy) is 1. The number of nitrogens with zero attached hydrogens (tertiary/aromatic N) is 2. The maximum absolute atomic E-state index is 13.0. The Morgan fingerprint density at radius 2 is 1.96 bits per heavy atom. The van der Waals surface area contributed by atoms with E-state index in [1.54, 1.807) is 7.11 Å². The second kappa shape index (κ2) is 8.19. The van der Waals surface area contributed by atoms with Gasteiger partial charge in [-0.2, -0.15) is 0 Å². The number of nitrogens with two attached hydrogens (primary N) is 1. The summed E-state index contributed by atoms with van der Waals surface area (Å²) in [6.07, 6.45) is 3.54. The van der Waals surface area contributed by atoms with Crippen LogP contribution in [0.5, 0.6) is 0 Å². The average molecular weight is 345 g/mol. The van der Waals surface area contributed by atoms with Crippen LogP contribution < -0.4 is 10.6 Å². The first-order valence-electron chi connectivity index (χ1n) is 9.48. The molecule has 0 spiro atoms. The van der Waals surface area contributed by atoms with Crippen molar-refractivity contribution in [1.82, 2.24) is 4.90 Å². The lowest BCUT2D eigenvalue weighted by atomic mass is 9.83. The van der Waals surface area contributed by atoms with Crippen molar-refractivity contribution in [2.24, 2.45) is 11.7 Å². The van der Waals surface area contributed by atoms with Crippen LogP contribution in [0.15, 0.2) is 24.3 Å². The van der Waals surface area contributed by atoms with E-state index in [1.807, 2.05) is 0 Å². The minimum atomic E-state index is 0.0122. The number of hydrogen-bond acceptors (Lipinski definition) is 4. The molecule has 1 heterocycles. The molecule has 1 aromatic rings. The van der Waals surface area contributed by atoms with Gasteiger partial charge in [0.15, 0.2) is 0 Å². The second-order valence-electron chi connectivity index (χ2n) is 7.40. The highest BCUT2D eigenvalue weighted by Crippen LogP contribution is 2.28. The van der Waals surface area contributed by atoms with Gasteiger partial charge in [-0.15, -0.1) is 0 Å². The largest absolute Gasteiger partial charge is 0.380 e. The minimum Gasteiger partial charge on any atom is -0.380 e. The van der Waals surface area contributed by atoms with E-state index in [-0.39, 0.29) is 18.1 Å². The summed E-state index contributed by atoms with van der Waals surface area (Å²) in [4.78, 5) is 17.5. The molecule has 1 aliphatic carbocycles. The van der Waals surface area contributed by atoms with Crippen LogP contribution in [0, 0.1) is 12.8 Å². The number of methoxy groups -OCH3 is 1. The molecule has 5 nitrogen and oxygen atoms in total. The molecule has 0 aromatic heterocycles. The number of para-hydroxylation sites is 1. The maximum atomic E-state index is 13.0. The van der Waals surface area contributed by atoms with Crippen LogP contribution >= 0.6 is 0 Å². The molecule has 0 bridgehead atoms. The standard InChI is InChI=1S/C20H31N3O2/c1-15-6-3-4-7-18(15)22-10-5-11-23(13-12-22)20(24)16-8-9-17(21)19(14-16)25-2/h3-4,6-7,16-17,19H,5,8-14,21H2,1-2H3/t16-,17+,19+/m0/s1. The first kappa shape index (κ1) is 18.2. The van der Waals surface area contributed by atoms with Gasteiger partial charge in [0.25, 0.3) is 0 Å². The summed E-state index contributed by atoms with van der Waals surface area (Å²) < 4.78 is 5.48. The number of carbonyl (C=O) groups is 1. The first-order valence-corrected chi connectivity index (χ1v) is 9.48. The van der Waals surface area contributed by atoms with Gasteiger partial charge in [0.1, 0.15) is 0 Å². The number of benzene rings is 1. The molecule has 0 unspecified atom stereocenters. The van der Waals surface area contributed by atoms with Gasteiger partial charge in [0, 0.05) is 50.9 Å². The SMILES string of the molecule is CO[C@@H]1C[C@@H](C(=O)N2CCCN(c3ccccc3C)CC2)CC[C@H]1N. The van der Waals surface area contributed by atoms with Crippen LogP contribution in [0.2, 0.25) is 0 Å². The molecule has 1 amide bonds. The Labute approximate surface area is 151 Å². The van der Waals surface area contributed by atoms with Crippen molar-refractivity contribution in [3.05, 3.63) is 29.8 Å². The molecule has 1 saturated heterocycles. The molecule has 138 valence electrons. The van der Waals surface area contributed by atoms with Crippen LogP contribution in [0.4, 0.5) is 5.69 Å². The Morgan fingerprint density at radius 3 is 2.72 bits per heavy atom. The topological polar surface area (TPSA) is 58.8 Å². The molecule has 1 saturated carbocycles. The fraction of sp³-hybridized carbons (Fsp3) is 0.650. The van der Waals surface area contributed by atoms with Gasteiger partial charge in [0.2, 0.25) is 5.91 Å². The van der Waals surface area contributed by atoms with Gasteiger partial charge in [0.05, 0.1) is 6.10 Å². The third-order valence-corrected chi connectivity index (χ3v) is 5.76. The second-order valence-corrected chi connectivity index (χ2v) is 7.40. The zero-order chi connectivity index (χ0) is 17.8. The van der Waals surface area contributed by atoms with Crippen LogP contribution in [0.3, 0.4) is 0 Å². The van der Waals surface area contributed by atoms with E-state index in [2.05, 4.69) is 41.0 Å². The van der Waals surface area contributed by atoms with Crippen molar-refractivity contribution in [1.29, 1.82) is 0 Å². The number of carbonyl (C=O) groups excluding carboxylic acids is 1. The Balaban J connectivity index is 1.61. The summed E-state index contributed by atoms with van der Waals surface area (Å²) in [7, 11) is 1.70. The number of amides is 1. The Kier molecular flexibility index (Phi) is 5.97. The van der Waals surface area contributed by atoms with E-state index in [9.17, 15) is 4.79 Å². The molecule has 5 heteroatoms. The number of rotatable bonds is 3. The van der Waals surface area contributed by atoms with E-state index in [0.717, 1.165) is 51.9 Å². The summed E-state index contributed by atoms with van der Waals surface area (Å²) >= 11 is 0. The summed E-state index contributed by atoms with van der Waals surface area (Å²) in [5, 5.41) is 0. The monoisotopic (exact) mass is 345 g/mol. The Bertz CT molecular complexity index is 592. The van der Waals surface area contributed by atoms with E-state index in [1.165, 1.54) is 11.3 Å². The van der Waals surface area contributed by atoms with Crippen molar-refractivity contribution in [2.75, 3.05) is 38.2 Å². The van der Waals surface area contributed by atoms with Gasteiger partial charge in [-0.05, 0) is 44.2 Å². The minimum absolute atomic E-state index is 0.0122. The highest BCUT2D eigenvalue weighted by atomic mass is 16.5. The van der Waals surface area contributed by atoms with E-state index < -0.39 is 0 Å². The number of hydrogen-bond donors (Lipinski definition) is 1. The summed E-state index contributed by atoms with van der Waals surface area (Å²) in [5.41, 5.74) is 8.68. The molecule has 1 aromatic carbocycles. The molecule has 3 atom stereocenters. The lowest BCUT2D eigenvalue weighted by Gasteiger charge is -2.35. The van der Waals surface area contributed by atoms with Gasteiger partial charge in [-0.3, -0.25) is 4.79 Å². The normalized spacial score (nSPS) is 27.9. The van der Waals surface area contributed by atoms with Crippen LogP contribution in [-0.4, -0.2) is 56.2 Å². The molecule has 2 fully saturated rings. The zero-order valence-electron chi connectivity index (χ0n) is 15.5. The maximum Gasteiger partial charge on any atom is 0.225 e. The summed E-state index contributed by atoms with van der Waals surface area (Å²) in [6, 6.07) is 8.56. The predicted octanol–water partition coefficient (Wildman–Crippen LogP) is 2.18. The molecule has 25 heavy (non-hydrogen) atoms. The van der Waals surface area contributed by atoms with Crippen molar-refractivity contribution in [2.45, 2.75) is 44.8 Å². The molecule has 3 rings (SSSR count). The molecule has 1 aliphatic heterocycles. The number of aryl methyl sites for hydroxylation is 1. The van der Waals surface area contributed by atoms with Crippen molar-refractivity contribution >= 4 is 11.6 Å². The lowest BCUT2D eigenvalue weighted by Crippen LogP contribution is -2.47. The predicted molar refractivity (Wildman–Crippen MR) is 101 cm³/mol. The van der Waals surface area contributed by atoms with E-state index in [0.29, 0.717) is 5.91 Å². The molecule has 2 N–H and O–H groups in total. The van der Waals surface area contributed by atoms with Crippen LogP contribution in [-0.2, 0) is 9.53 Å². The third kappa shape index (κ3) is 4.15. The summed E-state index contributed by atoms with van der Waals surface area (Å²) in [6.45, 7) is 5.70. The summed E-state index contributed by atoms with van der Waals surface area (Å²) in [5.74, 6) is 0.357. The van der Waals surface area contributed by atoms with Crippen LogP contribution in [0.25, 0.3) is 0 Å². The fourth-order valence-electron chi connectivity index (χ4n) is 4.20. The van der Waals surface area contributed by atoms with Gasteiger partial charge < -0.3 is 20.3 Å². The van der Waals surface area contributed by atoms with Crippen molar-refractivity contribution in [3.8, 4) is 0 Å². The lowest BCUT2D eigenvalue weighted by molar-refractivity contribution is -0.138. The highest BCUT2D eigenvalue weighted by Gasteiger charge is 2.34. The van der Waals surface area contributed by atoms with Crippen molar-refractivity contribution in [3.63, 3.8) is 0 Å². The molecule has 0 radical (unpaired) electrons.